The molecule has 3 heterocycles. The number of halogens is 1. The Morgan fingerprint density at radius 2 is 2.42 bits per heavy atom. The SMILES string of the molecule is CCC1C2CNCC2CN1c1nccc(C#N)c1Cl. The van der Waals surface area contributed by atoms with E-state index in [-0.39, 0.29) is 0 Å². The van der Waals surface area contributed by atoms with Crippen LogP contribution in [0.5, 0.6) is 0 Å². The van der Waals surface area contributed by atoms with E-state index in [4.69, 9.17) is 16.9 Å². The van der Waals surface area contributed by atoms with Gasteiger partial charge in [-0.1, -0.05) is 18.5 Å². The second-order valence-electron chi connectivity index (χ2n) is 5.32. The number of nitrogens with zero attached hydrogens (tertiary/aromatic N) is 3. The summed E-state index contributed by atoms with van der Waals surface area (Å²) in [5, 5.41) is 13.0. The molecule has 3 atom stereocenters. The summed E-state index contributed by atoms with van der Waals surface area (Å²) in [4.78, 5) is 6.72. The van der Waals surface area contributed by atoms with Crippen LogP contribution in [0.25, 0.3) is 0 Å². The number of anilines is 1. The standard InChI is InChI=1S/C14H17ClN4/c1-2-12-11-7-17-6-10(11)8-19(12)14-13(15)9(5-16)3-4-18-14/h3-4,10-12,17H,2,6-8H2,1H3. The van der Waals surface area contributed by atoms with Gasteiger partial charge < -0.3 is 10.2 Å². The number of aromatic nitrogens is 1. The van der Waals surface area contributed by atoms with Gasteiger partial charge in [-0.2, -0.15) is 5.26 Å². The average Bonchev–Trinajstić information content (AvgIpc) is 2.99. The molecule has 0 radical (unpaired) electrons. The predicted octanol–water partition coefficient (Wildman–Crippen LogP) is 2.04. The Labute approximate surface area is 118 Å². The number of rotatable bonds is 2. The van der Waals surface area contributed by atoms with Crippen LogP contribution in [0.2, 0.25) is 5.02 Å². The molecule has 0 amide bonds. The molecule has 0 aliphatic carbocycles. The zero-order valence-corrected chi connectivity index (χ0v) is 11.7. The number of pyridine rings is 1. The van der Waals surface area contributed by atoms with Crippen molar-refractivity contribution in [2.45, 2.75) is 19.4 Å². The van der Waals surface area contributed by atoms with Crippen molar-refractivity contribution in [1.29, 1.82) is 5.26 Å². The lowest BCUT2D eigenvalue weighted by atomic mass is 9.93. The summed E-state index contributed by atoms with van der Waals surface area (Å²) >= 11 is 6.33. The zero-order valence-electron chi connectivity index (χ0n) is 10.9. The molecule has 1 aromatic heterocycles. The topological polar surface area (TPSA) is 52.0 Å². The maximum absolute atomic E-state index is 9.08. The molecule has 2 saturated heterocycles. The number of hydrogen-bond acceptors (Lipinski definition) is 4. The number of fused-ring (bicyclic) bond motifs is 1. The van der Waals surface area contributed by atoms with Crippen molar-refractivity contribution in [1.82, 2.24) is 10.3 Å². The van der Waals surface area contributed by atoms with E-state index in [1.165, 1.54) is 0 Å². The van der Waals surface area contributed by atoms with Crippen molar-refractivity contribution in [3.8, 4) is 6.07 Å². The Hall–Kier alpha value is -1.31. The van der Waals surface area contributed by atoms with Gasteiger partial charge in [0.05, 0.1) is 5.56 Å². The minimum atomic E-state index is 0.471. The fourth-order valence-corrected chi connectivity index (χ4v) is 3.77. The van der Waals surface area contributed by atoms with Gasteiger partial charge in [0, 0.05) is 31.9 Å². The smallest absolute Gasteiger partial charge is 0.148 e. The summed E-state index contributed by atoms with van der Waals surface area (Å²) in [6.45, 7) is 5.35. The maximum atomic E-state index is 9.08. The van der Waals surface area contributed by atoms with Gasteiger partial charge in [-0.15, -0.1) is 0 Å². The molecule has 100 valence electrons. The molecule has 1 aromatic rings. The molecule has 3 rings (SSSR count). The van der Waals surface area contributed by atoms with E-state index in [0.717, 1.165) is 31.9 Å². The van der Waals surface area contributed by atoms with E-state index in [1.54, 1.807) is 12.3 Å². The van der Waals surface area contributed by atoms with Crippen molar-refractivity contribution >= 4 is 17.4 Å². The fourth-order valence-electron chi connectivity index (χ4n) is 3.51. The normalized spacial score (nSPS) is 29.3. The number of hydrogen-bond donors (Lipinski definition) is 1. The van der Waals surface area contributed by atoms with Crippen LogP contribution in [-0.4, -0.2) is 30.7 Å². The van der Waals surface area contributed by atoms with Crippen LogP contribution in [-0.2, 0) is 0 Å². The third kappa shape index (κ3) is 1.98. The minimum absolute atomic E-state index is 0.471. The molecular weight excluding hydrogens is 260 g/mol. The van der Waals surface area contributed by atoms with Crippen LogP contribution in [0.1, 0.15) is 18.9 Å². The number of nitriles is 1. The van der Waals surface area contributed by atoms with Crippen molar-refractivity contribution in [2.75, 3.05) is 24.5 Å². The summed E-state index contributed by atoms with van der Waals surface area (Å²) < 4.78 is 0. The molecule has 2 aliphatic heterocycles. The van der Waals surface area contributed by atoms with Gasteiger partial charge in [0.15, 0.2) is 0 Å². The second-order valence-corrected chi connectivity index (χ2v) is 5.70. The Kier molecular flexibility index (Phi) is 3.34. The van der Waals surface area contributed by atoms with E-state index in [1.807, 2.05) is 0 Å². The molecule has 5 heteroatoms. The van der Waals surface area contributed by atoms with Crippen LogP contribution in [0.4, 0.5) is 5.82 Å². The van der Waals surface area contributed by atoms with Crippen molar-refractivity contribution in [3.63, 3.8) is 0 Å². The Morgan fingerprint density at radius 3 is 3.16 bits per heavy atom. The highest BCUT2D eigenvalue weighted by atomic mass is 35.5. The molecular formula is C14H17ClN4. The second kappa shape index (κ2) is 4.99. The first kappa shape index (κ1) is 12.7. The Morgan fingerprint density at radius 1 is 1.58 bits per heavy atom. The zero-order chi connectivity index (χ0) is 13.4. The van der Waals surface area contributed by atoms with E-state index in [9.17, 15) is 0 Å². The van der Waals surface area contributed by atoms with Gasteiger partial charge in [0.25, 0.3) is 0 Å². The molecule has 0 aromatic carbocycles. The highest BCUT2D eigenvalue weighted by Crippen LogP contribution is 2.39. The first-order valence-corrected chi connectivity index (χ1v) is 7.16. The van der Waals surface area contributed by atoms with Gasteiger partial charge in [0.2, 0.25) is 0 Å². The van der Waals surface area contributed by atoms with E-state index >= 15 is 0 Å². The maximum Gasteiger partial charge on any atom is 0.148 e. The van der Waals surface area contributed by atoms with E-state index in [0.29, 0.717) is 28.5 Å². The quantitative estimate of drug-likeness (QED) is 0.898. The lowest BCUT2D eigenvalue weighted by Crippen LogP contribution is -2.35. The van der Waals surface area contributed by atoms with Crippen LogP contribution in [0.3, 0.4) is 0 Å². The summed E-state index contributed by atoms with van der Waals surface area (Å²) in [6.07, 6.45) is 2.76. The largest absolute Gasteiger partial charge is 0.352 e. The average molecular weight is 277 g/mol. The first-order valence-electron chi connectivity index (χ1n) is 6.78. The van der Waals surface area contributed by atoms with Crippen molar-refractivity contribution in [2.24, 2.45) is 11.8 Å². The summed E-state index contributed by atoms with van der Waals surface area (Å²) in [5.74, 6) is 2.13. The third-order valence-electron chi connectivity index (χ3n) is 4.40. The summed E-state index contributed by atoms with van der Waals surface area (Å²) in [6, 6.07) is 4.27. The molecule has 19 heavy (non-hydrogen) atoms. The van der Waals surface area contributed by atoms with Crippen molar-refractivity contribution in [3.05, 3.63) is 22.8 Å². The van der Waals surface area contributed by atoms with Crippen molar-refractivity contribution < 1.29 is 0 Å². The number of nitrogens with one attached hydrogen (secondary N) is 1. The minimum Gasteiger partial charge on any atom is -0.352 e. The van der Waals surface area contributed by atoms with E-state index < -0.39 is 0 Å². The molecule has 0 saturated carbocycles. The van der Waals surface area contributed by atoms with E-state index in [2.05, 4.69) is 28.2 Å². The van der Waals surface area contributed by atoms with Gasteiger partial charge >= 0.3 is 0 Å². The highest BCUT2D eigenvalue weighted by molar-refractivity contribution is 6.34. The Bertz CT molecular complexity index is 525. The molecule has 2 aliphatic rings. The predicted molar refractivity (Wildman–Crippen MR) is 75.2 cm³/mol. The molecule has 2 fully saturated rings. The van der Waals surface area contributed by atoms with Crippen LogP contribution < -0.4 is 10.2 Å². The molecule has 3 unspecified atom stereocenters. The van der Waals surface area contributed by atoms with Crippen LogP contribution in [0.15, 0.2) is 12.3 Å². The van der Waals surface area contributed by atoms with Gasteiger partial charge in [-0.05, 0) is 24.3 Å². The van der Waals surface area contributed by atoms with Gasteiger partial charge in [-0.25, -0.2) is 4.98 Å². The summed E-state index contributed by atoms with van der Waals surface area (Å²) in [5.41, 5.74) is 0.511. The third-order valence-corrected chi connectivity index (χ3v) is 4.77. The molecule has 4 nitrogen and oxygen atoms in total. The molecule has 1 N–H and O–H groups in total. The highest BCUT2D eigenvalue weighted by Gasteiger charge is 2.44. The molecule has 0 spiro atoms. The monoisotopic (exact) mass is 276 g/mol. The van der Waals surface area contributed by atoms with Crippen LogP contribution >= 0.6 is 11.6 Å². The first-order chi connectivity index (χ1) is 9.26. The molecule has 0 bridgehead atoms. The van der Waals surface area contributed by atoms with Crippen LogP contribution in [0, 0.1) is 23.2 Å². The lowest BCUT2D eigenvalue weighted by Gasteiger charge is -2.28. The van der Waals surface area contributed by atoms with Gasteiger partial charge in [0.1, 0.15) is 16.9 Å². The lowest BCUT2D eigenvalue weighted by molar-refractivity contribution is 0.441. The fraction of sp³-hybridized carbons (Fsp3) is 0.571. The summed E-state index contributed by atoms with van der Waals surface area (Å²) in [7, 11) is 0. The van der Waals surface area contributed by atoms with Gasteiger partial charge in [-0.3, -0.25) is 0 Å². The Balaban J connectivity index is 1.96.